The molecule has 0 nitrogen and oxygen atoms in total. The molecule has 1 heterocycles. The summed E-state index contributed by atoms with van der Waals surface area (Å²) in [6.07, 6.45) is 11.1. The number of halogens is 2. The fourth-order valence-corrected chi connectivity index (χ4v) is 45.1. The molecule has 43 heavy (non-hydrogen) atoms. The number of allylic oxidation sites excluding steroid dienone is 2. The van der Waals surface area contributed by atoms with Gasteiger partial charge in [0.2, 0.25) is 0 Å². The largest absolute Gasteiger partial charge is 1.00 e. The zero-order chi connectivity index (χ0) is 27.9. The van der Waals surface area contributed by atoms with E-state index in [9.17, 15) is 0 Å². The third kappa shape index (κ3) is 4.64. The normalized spacial score (nSPS) is 24.7. The molecule has 1 aliphatic heterocycles. The van der Waals surface area contributed by atoms with Crippen LogP contribution in [-0.2, 0) is 20.0 Å². The van der Waals surface area contributed by atoms with E-state index in [1.54, 1.807) is 22.3 Å². The second-order valence-electron chi connectivity index (χ2n) is 13.5. The minimum atomic E-state index is -3.06. The summed E-state index contributed by atoms with van der Waals surface area (Å²) in [5.74, 6) is 0. The van der Waals surface area contributed by atoms with Crippen LogP contribution in [0, 0.1) is 13.8 Å². The monoisotopic (exact) mass is 770 g/mol. The summed E-state index contributed by atoms with van der Waals surface area (Å²) in [5, 5.41) is 0. The van der Waals surface area contributed by atoms with E-state index in [2.05, 4.69) is 125 Å². The molecule has 4 aromatic rings. The van der Waals surface area contributed by atoms with E-state index in [0.717, 1.165) is 7.35 Å². The Morgan fingerprint density at radius 3 is 1.30 bits per heavy atom. The zero-order valence-corrected chi connectivity index (χ0v) is 30.7. The van der Waals surface area contributed by atoms with E-state index < -0.39 is 20.0 Å². The van der Waals surface area contributed by atoms with Crippen LogP contribution >= 0.6 is 0 Å². The number of aryl methyl sites for hydroxylation is 2. The minimum absolute atomic E-state index is 0. The molecule has 0 radical (unpaired) electrons. The van der Waals surface area contributed by atoms with E-state index >= 15 is 0 Å². The van der Waals surface area contributed by atoms with Crippen LogP contribution < -0.4 is 24.8 Å². The van der Waals surface area contributed by atoms with Gasteiger partial charge in [0.05, 0.1) is 0 Å². The van der Waals surface area contributed by atoms with Crippen LogP contribution in [0.3, 0.4) is 0 Å². The minimum Gasteiger partial charge on any atom is -1.00 e. The van der Waals surface area contributed by atoms with Crippen LogP contribution in [0.4, 0.5) is 0 Å². The van der Waals surface area contributed by atoms with Crippen molar-refractivity contribution in [2.75, 3.05) is 0 Å². The first-order valence-corrected chi connectivity index (χ1v) is 24.0. The van der Waals surface area contributed by atoms with Crippen molar-refractivity contribution in [3.8, 4) is 22.3 Å². The second kappa shape index (κ2) is 11.6. The van der Waals surface area contributed by atoms with Crippen LogP contribution in [0.5, 0.6) is 0 Å². The molecular formula is C40H40Cl2Hf. The van der Waals surface area contributed by atoms with E-state index in [1.165, 1.54) is 70.2 Å². The van der Waals surface area contributed by atoms with Crippen molar-refractivity contribution in [1.82, 2.24) is 0 Å². The van der Waals surface area contributed by atoms with Crippen molar-refractivity contribution in [2.24, 2.45) is 0 Å². The van der Waals surface area contributed by atoms with Gasteiger partial charge in [-0.2, -0.15) is 0 Å². The standard InChI is InChI=1S/2C17H15.C6H10.2ClH.Hf/c2*1-12-6-8-14(9-7-12)16-5-3-4-15-10-13(2)11-17(15)16;1-2-4-6-5-3-1;;;/h2*3-11H,1-2H3;1-2H,3-6H2;2*1H;/q;;;;;+2/p-2. The Bertz CT molecular complexity index is 1610. The van der Waals surface area contributed by atoms with Crippen molar-refractivity contribution in [3.05, 3.63) is 129 Å². The van der Waals surface area contributed by atoms with E-state index in [0.29, 0.717) is 7.35 Å². The number of fused-ring (bicyclic) bond motifs is 3. The predicted octanol–water partition coefficient (Wildman–Crippen LogP) is 5.58. The maximum atomic E-state index is 2.61. The van der Waals surface area contributed by atoms with Crippen LogP contribution in [0.25, 0.3) is 34.4 Å². The number of benzene rings is 4. The smallest absolute Gasteiger partial charge is 1.00 e. The second-order valence-corrected chi connectivity index (χ2v) is 30.2. The van der Waals surface area contributed by atoms with Gasteiger partial charge < -0.3 is 24.8 Å². The van der Waals surface area contributed by atoms with Crippen molar-refractivity contribution in [3.63, 3.8) is 0 Å². The molecular weight excluding hydrogens is 730 g/mol. The molecule has 8 rings (SSSR count). The molecule has 4 aromatic carbocycles. The summed E-state index contributed by atoms with van der Waals surface area (Å²) in [6, 6.07) is 32.9. The summed E-state index contributed by atoms with van der Waals surface area (Å²) in [6.45, 7) is 9.36. The molecule has 4 aliphatic rings. The molecule has 1 saturated heterocycles. The van der Waals surface area contributed by atoms with E-state index in [1.807, 2.05) is 0 Å². The Morgan fingerprint density at radius 2 is 0.907 bits per heavy atom. The van der Waals surface area contributed by atoms with E-state index in [-0.39, 0.29) is 24.8 Å². The van der Waals surface area contributed by atoms with Gasteiger partial charge in [-0.1, -0.05) is 0 Å². The predicted molar refractivity (Wildman–Crippen MR) is 172 cm³/mol. The molecule has 2 fully saturated rings. The fraction of sp³-hybridized carbons (Fsp3) is 0.300. The molecule has 1 saturated carbocycles. The van der Waals surface area contributed by atoms with Crippen LogP contribution in [-0.4, -0.2) is 0 Å². The Morgan fingerprint density at radius 1 is 0.512 bits per heavy atom. The van der Waals surface area contributed by atoms with Crippen molar-refractivity contribution in [1.29, 1.82) is 0 Å². The molecule has 0 aromatic heterocycles. The Hall–Kier alpha value is -2.19. The van der Waals surface area contributed by atoms with Gasteiger partial charge in [0.15, 0.2) is 0 Å². The molecule has 218 valence electrons. The first-order valence-electron chi connectivity index (χ1n) is 15.7. The van der Waals surface area contributed by atoms with Crippen LogP contribution in [0.15, 0.2) is 96.1 Å². The maximum Gasteiger partial charge on any atom is -1.00 e. The first-order chi connectivity index (χ1) is 20.0. The van der Waals surface area contributed by atoms with Gasteiger partial charge in [0, 0.05) is 0 Å². The maximum absolute atomic E-state index is 3.06. The number of hydrogen-bond acceptors (Lipinski definition) is 0. The summed E-state index contributed by atoms with van der Waals surface area (Å²) in [4.78, 5) is 0. The zero-order valence-electron chi connectivity index (χ0n) is 25.6. The SMILES string of the molecule is CC1=Cc2c(-c3ccc(C)cc3)cccc2[CH]1[Hf+2]1([CH]2C(C)=Cc3c(-c4ccc(C)cc4)cccc32)[CH]2CCCC[CH]21.[Cl-].[Cl-]. The van der Waals surface area contributed by atoms with Gasteiger partial charge in [-0.05, 0) is 0 Å². The number of hydrogen-bond donors (Lipinski definition) is 0. The molecule has 4 atom stereocenters. The molecule has 0 spiro atoms. The van der Waals surface area contributed by atoms with Crippen molar-refractivity contribution in [2.45, 2.75) is 68.1 Å². The van der Waals surface area contributed by atoms with Gasteiger partial charge >= 0.3 is 252 Å². The Labute approximate surface area is 274 Å². The molecule has 4 unspecified atom stereocenters. The number of rotatable bonds is 4. The van der Waals surface area contributed by atoms with Gasteiger partial charge in [-0.15, -0.1) is 0 Å². The average Bonchev–Trinajstić information content (AvgIpc) is 3.29. The van der Waals surface area contributed by atoms with Gasteiger partial charge in [0.25, 0.3) is 0 Å². The first kappa shape index (κ1) is 30.8. The topological polar surface area (TPSA) is 0 Å². The van der Waals surface area contributed by atoms with Crippen LogP contribution in [0.2, 0.25) is 7.35 Å². The summed E-state index contributed by atoms with van der Waals surface area (Å²) >= 11 is -3.06. The Kier molecular flexibility index (Phi) is 8.33. The summed E-state index contributed by atoms with van der Waals surface area (Å²) in [5.41, 5.74) is 18.0. The summed E-state index contributed by atoms with van der Waals surface area (Å²) < 4.78 is 3.47. The third-order valence-corrected chi connectivity index (χ3v) is 36.7. The van der Waals surface area contributed by atoms with Gasteiger partial charge in [0.1, 0.15) is 0 Å². The quantitative estimate of drug-likeness (QED) is 0.238. The third-order valence-electron chi connectivity index (χ3n) is 11.2. The van der Waals surface area contributed by atoms with Gasteiger partial charge in [-0.3, -0.25) is 0 Å². The summed E-state index contributed by atoms with van der Waals surface area (Å²) in [7, 11) is 0. The van der Waals surface area contributed by atoms with Crippen molar-refractivity contribution < 1.29 is 44.8 Å². The van der Waals surface area contributed by atoms with Gasteiger partial charge in [-0.25, -0.2) is 0 Å². The van der Waals surface area contributed by atoms with E-state index in [4.69, 9.17) is 0 Å². The molecule has 3 aliphatic carbocycles. The molecule has 0 N–H and O–H groups in total. The Balaban J connectivity index is 0.00000165. The molecule has 3 heteroatoms. The average molecular weight is 770 g/mol. The molecule has 0 amide bonds. The molecule has 0 bridgehead atoms. The fourth-order valence-electron chi connectivity index (χ4n) is 9.64. The van der Waals surface area contributed by atoms with Crippen LogP contribution in [0.1, 0.15) is 80.3 Å². The van der Waals surface area contributed by atoms with Crippen molar-refractivity contribution >= 4 is 12.2 Å².